The van der Waals surface area contributed by atoms with Crippen LogP contribution in [0.1, 0.15) is 23.7 Å². The molecule has 1 unspecified atom stereocenters. The number of halogens is 3. The van der Waals surface area contributed by atoms with Gasteiger partial charge in [0, 0.05) is 25.6 Å². The van der Waals surface area contributed by atoms with E-state index < -0.39 is 47.1 Å². The minimum atomic E-state index is -1.51. The molecule has 5 atom stereocenters. The molecule has 0 radical (unpaired) electrons. The second kappa shape index (κ2) is 10.3. The number of rotatable bonds is 8. The summed E-state index contributed by atoms with van der Waals surface area (Å²) in [6, 6.07) is 16.9. The lowest BCUT2D eigenvalue weighted by Gasteiger charge is -2.29. The van der Waals surface area contributed by atoms with Gasteiger partial charge < -0.3 is 24.8 Å². The molecule has 1 aliphatic carbocycles. The van der Waals surface area contributed by atoms with Crippen molar-refractivity contribution in [3.05, 3.63) is 95.3 Å². The van der Waals surface area contributed by atoms with Crippen LogP contribution >= 0.6 is 0 Å². The van der Waals surface area contributed by atoms with Crippen molar-refractivity contribution >= 4 is 0 Å². The van der Waals surface area contributed by atoms with Crippen LogP contribution < -0.4 is 9.47 Å². The Labute approximate surface area is 212 Å². The Balaban J connectivity index is 1.20. The molecule has 3 N–H and O–H groups in total. The minimum absolute atomic E-state index is 0.00245. The molecule has 196 valence electrons. The smallest absolute Gasteiger partial charge is 0.191 e. The number of ether oxygens (including phenoxy) is 2. The summed E-state index contributed by atoms with van der Waals surface area (Å²) in [6.45, 7) is 0.336. The molecule has 3 aromatic carbocycles. The maximum atomic E-state index is 14.6. The van der Waals surface area contributed by atoms with Gasteiger partial charge >= 0.3 is 0 Å². The zero-order valence-corrected chi connectivity index (χ0v) is 19.9. The average Bonchev–Trinajstić information content (AvgIpc) is 3.30. The lowest BCUT2D eigenvalue weighted by Crippen LogP contribution is -2.49. The van der Waals surface area contributed by atoms with Gasteiger partial charge in [0.25, 0.3) is 0 Å². The van der Waals surface area contributed by atoms with E-state index >= 15 is 0 Å². The Morgan fingerprint density at radius 3 is 2.32 bits per heavy atom. The highest BCUT2D eigenvalue weighted by Crippen LogP contribution is 2.44. The first-order valence-corrected chi connectivity index (χ1v) is 12.1. The molecule has 1 saturated heterocycles. The molecule has 2 aliphatic rings. The van der Waals surface area contributed by atoms with E-state index in [1.807, 2.05) is 6.07 Å². The zero-order valence-electron chi connectivity index (χ0n) is 19.9. The summed E-state index contributed by atoms with van der Waals surface area (Å²) in [6.07, 6.45) is -3.01. The van der Waals surface area contributed by atoms with Crippen LogP contribution in [0.15, 0.2) is 66.7 Å². The first-order valence-electron chi connectivity index (χ1n) is 12.1. The summed E-state index contributed by atoms with van der Waals surface area (Å²) >= 11 is 0. The topological polar surface area (TPSA) is 82.4 Å². The number of fused-ring (bicyclic) bond motifs is 1. The second-order valence-electron chi connectivity index (χ2n) is 9.75. The van der Waals surface area contributed by atoms with E-state index in [4.69, 9.17) is 9.47 Å². The molecular formula is C28H28F3NO5. The first kappa shape index (κ1) is 25.5. The first-order chi connectivity index (χ1) is 17.7. The van der Waals surface area contributed by atoms with Crippen LogP contribution in [0.5, 0.6) is 11.5 Å². The molecule has 37 heavy (non-hydrogen) atoms. The summed E-state index contributed by atoms with van der Waals surface area (Å²) in [4.78, 5) is 1.73. The van der Waals surface area contributed by atoms with Crippen molar-refractivity contribution in [2.75, 3.05) is 19.6 Å². The summed E-state index contributed by atoms with van der Waals surface area (Å²) in [5.41, 5.74) is -0.722. The molecule has 5 rings (SSSR count). The van der Waals surface area contributed by atoms with E-state index in [1.165, 1.54) is 18.2 Å². The Morgan fingerprint density at radius 2 is 1.65 bits per heavy atom. The summed E-state index contributed by atoms with van der Waals surface area (Å²) in [5, 5.41) is 32.6. The van der Waals surface area contributed by atoms with E-state index in [1.54, 1.807) is 35.2 Å². The van der Waals surface area contributed by atoms with Crippen LogP contribution in [-0.2, 0) is 6.61 Å². The third-order valence-corrected chi connectivity index (χ3v) is 7.22. The molecule has 0 amide bonds. The predicted octanol–water partition coefficient (Wildman–Crippen LogP) is 3.59. The number of nitrogens with zero attached hydrogens (tertiary/aromatic N) is 1. The van der Waals surface area contributed by atoms with E-state index in [0.717, 1.165) is 17.7 Å². The molecule has 2 fully saturated rings. The highest BCUT2D eigenvalue weighted by atomic mass is 19.1. The molecule has 0 spiro atoms. The van der Waals surface area contributed by atoms with Crippen molar-refractivity contribution < 1.29 is 38.0 Å². The fourth-order valence-electron chi connectivity index (χ4n) is 5.31. The van der Waals surface area contributed by atoms with Crippen LogP contribution in [-0.4, -0.2) is 57.7 Å². The molecule has 0 aromatic heterocycles. The van der Waals surface area contributed by atoms with Gasteiger partial charge in [0.2, 0.25) is 0 Å². The highest BCUT2D eigenvalue weighted by molar-refractivity contribution is 5.33. The maximum absolute atomic E-state index is 14.6. The van der Waals surface area contributed by atoms with Crippen LogP contribution in [0.4, 0.5) is 13.2 Å². The van der Waals surface area contributed by atoms with Crippen molar-refractivity contribution in [3.8, 4) is 11.5 Å². The summed E-state index contributed by atoms with van der Waals surface area (Å²) < 4.78 is 54.2. The predicted molar refractivity (Wildman–Crippen MR) is 128 cm³/mol. The quantitative estimate of drug-likeness (QED) is 0.426. The van der Waals surface area contributed by atoms with Crippen LogP contribution in [0.3, 0.4) is 0 Å². The Kier molecular flexibility index (Phi) is 7.13. The number of para-hydroxylation sites is 1. The molecule has 6 nitrogen and oxygen atoms in total. The minimum Gasteiger partial charge on any atom is -0.485 e. The number of β-amino-alcohol motifs (C(OH)–C–C–N with tert-alkyl or cyclic N) is 2. The van der Waals surface area contributed by atoms with Gasteiger partial charge in [0.15, 0.2) is 29.0 Å². The van der Waals surface area contributed by atoms with Gasteiger partial charge in [0.05, 0.1) is 6.10 Å². The monoisotopic (exact) mass is 515 g/mol. The Hall–Kier alpha value is -3.11. The highest BCUT2D eigenvalue weighted by Gasteiger charge is 2.59. The average molecular weight is 516 g/mol. The third kappa shape index (κ3) is 5.17. The zero-order chi connectivity index (χ0) is 26.2. The number of hydrogen-bond acceptors (Lipinski definition) is 6. The van der Waals surface area contributed by atoms with E-state index in [0.29, 0.717) is 6.54 Å². The van der Waals surface area contributed by atoms with Crippen molar-refractivity contribution in [2.24, 2.45) is 5.92 Å². The molecule has 0 bridgehead atoms. The van der Waals surface area contributed by atoms with E-state index in [2.05, 4.69) is 0 Å². The molecular weight excluding hydrogens is 487 g/mol. The number of aliphatic hydroxyl groups excluding tert-OH is 2. The summed E-state index contributed by atoms with van der Waals surface area (Å²) in [7, 11) is 0. The normalized spacial score (nSPS) is 26.2. The standard InChI is InChI=1S/C28H28F3NO5/c29-20-8-4-5-9-24(20)37-25-12-19-13-32(16-28(19,35)27(25)34)14-23(33)18-10-21(30)26(22(31)11-18)36-15-17-6-2-1-3-7-17/h1-11,19,23,25,27,33-35H,12-16H2/t19-,23?,25+,27+,28-/m0/s1. The van der Waals surface area contributed by atoms with Gasteiger partial charge in [-0.1, -0.05) is 42.5 Å². The Bertz CT molecular complexity index is 1220. The maximum Gasteiger partial charge on any atom is 0.191 e. The number of likely N-dealkylation sites (tertiary alicyclic amines) is 1. The molecule has 1 heterocycles. The van der Waals surface area contributed by atoms with Crippen LogP contribution in [0.2, 0.25) is 0 Å². The van der Waals surface area contributed by atoms with E-state index in [9.17, 15) is 28.5 Å². The lowest BCUT2D eigenvalue weighted by atomic mass is 9.93. The van der Waals surface area contributed by atoms with Crippen molar-refractivity contribution in [1.82, 2.24) is 4.90 Å². The summed E-state index contributed by atoms with van der Waals surface area (Å²) in [5.74, 6) is -3.31. The fourth-order valence-corrected chi connectivity index (χ4v) is 5.31. The van der Waals surface area contributed by atoms with Crippen molar-refractivity contribution in [3.63, 3.8) is 0 Å². The van der Waals surface area contributed by atoms with Crippen LogP contribution in [0.25, 0.3) is 0 Å². The second-order valence-corrected chi connectivity index (χ2v) is 9.75. The van der Waals surface area contributed by atoms with E-state index in [-0.39, 0.29) is 43.3 Å². The fraction of sp³-hybridized carbons (Fsp3) is 0.357. The van der Waals surface area contributed by atoms with Gasteiger partial charge in [-0.15, -0.1) is 0 Å². The Morgan fingerprint density at radius 1 is 0.973 bits per heavy atom. The molecule has 3 aromatic rings. The van der Waals surface area contributed by atoms with Gasteiger partial charge in [-0.25, -0.2) is 13.2 Å². The van der Waals surface area contributed by atoms with Crippen molar-refractivity contribution in [2.45, 2.75) is 36.9 Å². The number of benzene rings is 3. The molecule has 9 heteroatoms. The van der Waals surface area contributed by atoms with Gasteiger partial charge in [-0.2, -0.15) is 0 Å². The van der Waals surface area contributed by atoms with Gasteiger partial charge in [0.1, 0.15) is 24.4 Å². The van der Waals surface area contributed by atoms with Gasteiger partial charge in [-0.05, 0) is 41.8 Å². The van der Waals surface area contributed by atoms with Crippen molar-refractivity contribution in [1.29, 1.82) is 0 Å². The number of hydrogen-bond donors (Lipinski definition) is 3. The van der Waals surface area contributed by atoms with Gasteiger partial charge in [-0.3, -0.25) is 4.90 Å². The largest absolute Gasteiger partial charge is 0.485 e. The number of aliphatic hydroxyl groups is 3. The molecule has 1 aliphatic heterocycles. The lowest BCUT2D eigenvalue weighted by molar-refractivity contribution is -0.0879. The van der Waals surface area contributed by atoms with Crippen LogP contribution in [0, 0.1) is 23.4 Å². The third-order valence-electron chi connectivity index (χ3n) is 7.22. The SMILES string of the molecule is OC(CN1C[C@@H]2C[C@@H](Oc3ccccc3F)[C@@H](O)[C@]2(O)C1)c1cc(F)c(OCc2ccccc2)c(F)c1. The molecule has 1 saturated carbocycles.